The largest absolute Gasteiger partial charge is 0.497 e. The highest BCUT2D eigenvalue weighted by Gasteiger charge is 2.67. The molecule has 1 aromatic rings. The van der Waals surface area contributed by atoms with Gasteiger partial charge in [0, 0.05) is 19.6 Å². The van der Waals surface area contributed by atoms with E-state index in [0.29, 0.717) is 13.1 Å². The summed E-state index contributed by atoms with van der Waals surface area (Å²) in [5.41, 5.74) is 0.373. The fourth-order valence-electron chi connectivity index (χ4n) is 5.31. The van der Waals surface area contributed by atoms with E-state index in [1.165, 1.54) is 6.42 Å². The lowest BCUT2D eigenvalue weighted by molar-refractivity contribution is -0.144. The molecule has 6 nitrogen and oxygen atoms in total. The van der Waals surface area contributed by atoms with Gasteiger partial charge in [-0.15, -0.1) is 0 Å². The smallest absolute Gasteiger partial charge is 0.230 e. The number of benzene rings is 1. The Hall–Kier alpha value is -2.34. The molecular weight excluding hydrogens is 356 g/mol. The Kier molecular flexibility index (Phi) is 4.19. The highest BCUT2D eigenvalue weighted by molar-refractivity contribution is 5.93. The summed E-state index contributed by atoms with van der Waals surface area (Å²) in [5.74, 6) is 0.119. The van der Waals surface area contributed by atoms with E-state index >= 15 is 0 Å². The number of nitrogens with zero attached hydrogens (tertiary/aromatic N) is 2. The van der Waals surface area contributed by atoms with Crippen LogP contribution in [0.25, 0.3) is 0 Å². The van der Waals surface area contributed by atoms with Gasteiger partial charge in [-0.05, 0) is 37.0 Å². The van der Waals surface area contributed by atoms with Crippen LogP contribution in [0.15, 0.2) is 36.4 Å². The molecule has 2 amide bonds. The van der Waals surface area contributed by atoms with Gasteiger partial charge in [-0.2, -0.15) is 0 Å². The third-order valence-electron chi connectivity index (χ3n) is 6.64. The van der Waals surface area contributed by atoms with Gasteiger partial charge in [0.05, 0.1) is 31.6 Å². The highest BCUT2D eigenvalue weighted by atomic mass is 16.5. The zero-order valence-corrected chi connectivity index (χ0v) is 16.2. The molecule has 4 atom stereocenters. The SMILES string of the molecule is COc1cccc(CN2C[C@@]34C=C[C@@H](O3)C(C(=O)N3CCCCC3)C4C2=O)c1. The van der Waals surface area contributed by atoms with Crippen LogP contribution in [0.2, 0.25) is 0 Å². The van der Waals surface area contributed by atoms with E-state index < -0.39 is 11.5 Å². The first-order valence-corrected chi connectivity index (χ1v) is 10.2. The maximum Gasteiger partial charge on any atom is 0.230 e. The molecule has 6 heteroatoms. The molecule has 28 heavy (non-hydrogen) atoms. The maximum atomic E-state index is 13.3. The monoisotopic (exact) mass is 382 g/mol. The summed E-state index contributed by atoms with van der Waals surface area (Å²) in [6.45, 7) is 2.60. The minimum absolute atomic E-state index is 0.0324. The number of ether oxygens (including phenoxy) is 2. The number of piperidine rings is 1. The summed E-state index contributed by atoms with van der Waals surface area (Å²) in [5, 5.41) is 0. The van der Waals surface area contributed by atoms with E-state index in [-0.39, 0.29) is 23.8 Å². The quantitative estimate of drug-likeness (QED) is 0.748. The molecule has 0 radical (unpaired) electrons. The molecule has 148 valence electrons. The second-order valence-electron chi connectivity index (χ2n) is 8.33. The van der Waals surface area contributed by atoms with Crippen molar-refractivity contribution in [3.05, 3.63) is 42.0 Å². The zero-order valence-electron chi connectivity index (χ0n) is 16.2. The molecule has 3 saturated heterocycles. The number of amides is 2. The van der Waals surface area contributed by atoms with E-state index in [4.69, 9.17) is 9.47 Å². The lowest BCUT2D eigenvalue weighted by Crippen LogP contribution is -2.47. The van der Waals surface area contributed by atoms with Crippen molar-refractivity contribution in [2.75, 3.05) is 26.7 Å². The van der Waals surface area contributed by atoms with Crippen molar-refractivity contribution in [2.24, 2.45) is 11.8 Å². The Morgan fingerprint density at radius 1 is 1.29 bits per heavy atom. The molecule has 5 rings (SSSR count). The van der Waals surface area contributed by atoms with Crippen LogP contribution in [0, 0.1) is 11.8 Å². The third-order valence-corrected chi connectivity index (χ3v) is 6.64. The van der Waals surface area contributed by atoms with Gasteiger partial charge in [0.15, 0.2) is 0 Å². The first-order valence-electron chi connectivity index (χ1n) is 10.2. The summed E-state index contributed by atoms with van der Waals surface area (Å²) < 4.78 is 11.5. The van der Waals surface area contributed by atoms with Gasteiger partial charge in [0.25, 0.3) is 0 Å². The maximum absolute atomic E-state index is 13.3. The topological polar surface area (TPSA) is 59.1 Å². The lowest BCUT2D eigenvalue weighted by atomic mass is 9.76. The van der Waals surface area contributed by atoms with Crippen LogP contribution < -0.4 is 4.74 Å². The van der Waals surface area contributed by atoms with Crippen LogP contribution in [0.3, 0.4) is 0 Å². The minimum atomic E-state index is -0.642. The molecular formula is C22H26N2O4. The number of hydrogen-bond acceptors (Lipinski definition) is 4. The summed E-state index contributed by atoms with van der Waals surface area (Å²) in [4.78, 5) is 30.4. The number of hydrogen-bond donors (Lipinski definition) is 0. The van der Waals surface area contributed by atoms with Crippen LogP contribution in [0.5, 0.6) is 5.75 Å². The molecule has 1 aromatic carbocycles. The molecule has 4 aliphatic heterocycles. The van der Waals surface area contributed by atoms with Gasteiger partial charge in [-0.25, -0.2) is 0 Å². The second kappa shape index (κ2) is 6.62. The van der Waals surface area contributed by atoms with Gasteiger partial charge < -0.3 is 19.3 Å². The van der Waals surface area contributed by atoms with Gasteiger partial charge in [0.1, 0.15) is 11.4 Å². The fraction of sp³-hybridized carbons (Fsp3) is 0.545. The van der Waals surface area contributed by atoms with Gasteiger partial charge in [0.2, 0.25) is 11.8 Å². The van der Waals surface area contributed by atoms with Gasteiger partial charge in [-0.3, -0.25) is 9.59 Å². The predicted octanol–water partition coefficient (Wildman–Crippen LogP) is 1.99. The molecule has 4 heterocycles. The van der Waals surface area contributed by atoms with Crippen molar-refractivity contribution in [1.29, 1.82) is 0 Å². The van der Waals surface area contributed by atoms with E-state index in [0.717, 1.165) is 37.2 Å². The van der Waals surface area contributed by atoms with E-state index in [9.17, 15) is 9.59 Å². The normalized spacial score (nSPS) is 33.5. The van der Waals surface area contributed by atoms with Crippen molar-refractivity contribution in [2.45, 2.75) is 37.5 Å². The summed E-state index contributed by atoms with van der Waals surface area (Å²) in [7, 11) is 1.64. The third kappa shape index (κ3) is 2.65. The molecule has 2 bridgehead atoms. The number of likely N-dealkylation sites (tertiary alicyclic amines) is 2. The van der Waals surface area contributed by atoms with Crippen molar-refractivity contribution in [1.82, 2.24) is 9.80 Å². The Bertz CT molecular complexity index is 832. The number of carbonyl (C=O) groups excluding carboxylic acids is 2. The predicted molar refractivity (Wildman–Crippen MR) is 103 cm³/mol. The van der Waals surface area contributed by atoms with Crippen LogP contribution in [-0.4, -0.2) is 60.1 Å². The van der Waals surface area contributed by atoms with Gasteiger partial charge in [-0.1, -0.05) is 24.3 Å². The number of rotatable bonds is 4. The van der Waals surface area contributed by atoms with Crippen LogP contribution in [0.4, 0.5) is 0 Å². The van der Waals surface area contributed by atoms with Crippen molar-refractivity contribution >= 4 is 11.8 Å². The molecule has 0 N–H and O–H groups in total. The Morgan fingerprint density at radius 3 is 2.89 bits per heavy atom. The number of fused-ring (bicyclic) bond motifs is 1. The number of carbonyl (C=O) groups is 2. The summed E-state index contributed by atoms with van der Waals surface area (Å²) >= 11 is 0. The molecule has 0 aromatic heterocycles. The minimum Gasteiger partial charge on any atom is -0.497 e. The first kappa shape index (κ1) is 17.7. The molecule has 0 aliphatic carbocycles. The second-order valence-corrected chi connectivity index (χ2v) is 8.33. The van der Waals surface area contributed by atoms with Crippen molar-refractivity contribution < 1.29 is 19.1 Å². The molecule has 0 saturated carbocycles. The van der Waals surface area contributed by atoms with E-state index in [1.807, 2.05) is 46.2 Å². The lowest BCUT2D eigenvalue weighted by Gasteiger charge is -2.32. The van der Waals surface area contributed by atoms with Crippen LogP contribution in [0.1, 0.15) is 24.8 Å². The average Bonchev–Trinajstić information content (AvgIpc) is 3.37. The van der Waals surface area contributed by atoms with Crippen molar-refractivity contribution in [3.63, 3.8) is 0 Å². The fourth-order valence-corrected chi connectivity index (χ4v) is 5.31. The zero-order chi connectivity index (χ0) is 19.3. The average molecular weight is 382 g/mol. The molecule has 1 spiro atoms. The van der Waals surface area contributed by atoms with Crippen LogP contribution in [-0.2, 0) is 20.9 Å². The Labute approximate surface area is 165 Å². The molecule has 3 fully saturated rings. The summed E-state index contributed by atoms with van der Waals surface area (Å²) in [6, 6.07) is 7.76. The summed E-state index contributed by atoms with van der Waals surface area (Å²) in [6.07, 6.45) is 7.02. The molecule has 2 unspecified atom stereocenters. The van der Waals surface area contributed by atoms with Crippen LogP contribution >= 0.6 is 0 Å². The number of methoxy groups -OCH3 is 1. The highest BCUT2D eigenvalue weighted by Crippen LogP contribution is 2.52. The first-order chi connectivity index (χ1) is 13.6. The van der Waals surface area contributed by atoms with E-state index in [1.54, 1.807) is 7.11 Å². The molecule has 4 aliphatic rings. The van der Waals surface area contributed by atoms with Gasteiger partial charge >= 0.3 is 0 Å². The Balaban J connectivity index is 1.38. The standard InChI is InChI=1S/C22H26N2O4/c1-27-16-7-5-6-15(12-16)13-24-14-22-9-8-17(28-22)18(19(22)21(24)26)20(25)23-10-3-2-4-11-23/h5-9,12,17-19H,2-4,10-11,13-14H2,1H3/t17-,18?,19?,22-/m1/s1. The van der Waals surface area contributed by atoms with E-state index in [2.05, 4.69) is 0 Å². The Morgan fingerprint density at radius 2 is 2.11 bits per heavy atom. The van der Waals surface area contributed by atoms with Crippen molar-refractivity contribution in [3.8, 4) is 5.75 Å².